The van der Waals surface area contributed by atoms with E-state index in [0.717, 1.165) is 19.5 Å². The minimum Gasteiger partial charge on any atom is -0.345 e. The monoisotopic (exact) mass is 212 g/mol. The topological polar surface area (TPSA) is 32.3 Å². The van der Waals surface area contributed by atoms with E-state index in [0.29, 0.717) is 6.04 Å². The van der Waals surface area contributed by atoms with E-state index in [1.165, 1.54) is 19.3 Å². The number of hydrogen-bond donors (Lipinski definition) is 1. The number of amides is 1. The Labute approximate surface area is 93.2 Å². The Balaban J connectivity index is 2.20. The van der Waals surface area contributed by atoms with Crippen LogP contribution in [0.25, 0.3) is 0 Å². The van der Waals surface area contributed by atoms with Gasteiger partial charge in [0.25, 0.3) is 0 Å². The van der Waals surface area contributed by atoms with Crippen molar-refractivity contribution in [2.45, 2.75) is 45.6 Å². The lowest BCUT2D eigenvalue weighted by molar-refractivity contribution is -0.133. The molecule has 0 aromatic heterocycles. The van der Waals surface area contributed by atoms with Crippen molar-refractivity contribution >= 4 is 5.91 Å². The van der Waals surface area contributed by atoms with Crippen LogP contribution in [0, 0.1) is 5.92 Å². The molecule has 15 heavy (non-hydrogen) atoms. The molecule has 0 aromatic carbocycles. The van der Waals surface area contributed by atoms with E-state index in [4.69, 9.17) is 0 Å². The van der Waals surface area contributed by atoms with Crippen LogP contribution in [0.15, 0.2) is 0 Å². The maximum absolute atomic E-state index is 11.6. The standard InChI is InChI=1S/C12H24N2O/c1-10(2)12(15)14(3)9-7-11-6-4-5-8-13-11/h10-11,13H,4-9H2,1-3H3. The highest BCUT2D eigenvalue weighted by Gasteiger charge is 2.16. The number of carbonyl (C=O) groups is 1. The third kappa shape index (κ3) is 4.20. The number of rotatable bonds is 4. The zero-order chi connectivity index (χ0) is 11.3. The van der Waals surface area contributed by atoms with E-state index in [9.17, 15) is 4.79 Å². The molecule has 1 aliphatic heterocycles. The van der Waals surface area contributed by atoms with E-state index >= 15 is 0 Å². The molecular weight excluding hydrogens is 188 g/mol. The summed E-state index contributed by atoms with van der Waals surface area (Å²) in [6, 6.07) is 0.626. The van der Waals surface area contributed by atoms with Crippen LogP contribution in [-0.4, -0.2) is 37.0 Å². The SMILES string of the molecule is CC(C)C(=O)N(C)CCC1CCCCN1. The highest BCUT2D eigenvalue weighted by atomic mass is 16.2. The van der Waals surface area contributed by atoms with Gasteiger partial charge in [0.1, 0.15) is 0 Å². The van der Waals surface area contributed by atoms with Crippen molar-refractivity contribution in [1.82, 2.24) is 10.2 Å². The average Bonchev–Trinajstić information content (AvgIpc) is 2.26. The van der Waals surface area contributed by atoms with Crippen LogP contribution >= 0.6 is 0 Å². The first-order chi connectivity index (χ1) is 7.11. The Morgan fingerprint density at radius 3 is 2.73 bits per heavy atom. The molecule has 1 rings (SSSR count). The van der Waals surface area contributed by atoms with Gasteiger partial charge in [-0.3, -0.25) is 4.79 Å². The van der Waals surface area contributed by atoms with Gasteiger partial charge in [0.05, 0.1) is 0 Å². The lowest BCUT2D eigenvalue weighted by Crippen LogP contribution is -2.39. The molecule has 1 fully saturated rings. The molecular formula is C12H24N2O. The van der Waals surface area contributed by atoms with Crippen LogP contribution in [0.5, 0.6) is 0 Å². The molecule has 3 nitrogen and oxygen atoms in total. The zero-order valence-corrected chi connectivity index (χ0v) is 10.3. The number of piperidine rings is 1. The zero-order valence-electron chi connectivity index (χ0n) is 10.3. The molecule has 1 atom stereocenters. The maximum Gasteiger partial charge on any atom is 0.224 e. The van der Waals surface area contributed by atoms with Crippen LogP contribution in [0.1, 0.15) is 39.5 Å². The van der Waals surface area contributed by atoms with Crippen molar-refractivity contribution < 1.29 is 4.79 Å². The van der Waals surface area contributed by atoms with Gasteiger partial charge in [-0.05, 0) is 25.8 Å². The van der Waals surface area contributed by atoms with Gasteiger partial charge < -0.3 is 10.2 Å². The highest BCUT2D eigenvalue weighted by Crippen LogP contribution is 2.11. The van der Waals surface area contributed by atoms with Crippen LogP contribution in [0.3, 0.4) is 0 Å². The molecule has 1 N–H and O–H groups in total. The van der Waals surface area contributed by atoms with Crippen molar-refractivity contribution in [1.29, 1.82) is 0 Å². The Hall–Kier alpha value is -0.570. The van der Waals surface area contributed by atoms with E-state index in [2.05, 4.69) is 5.32 Å². The fourth-order valence-electron chi connectivity index (χ4n) is 2.07. The minimum atomic E-state index is 0.120. The van der Waals surface area contributed by atoms with Gasteiger partial charge in [-0.15, -0.1) is 0 Å². The second-order valence-electron chi connectivity index (χ2n) is 4.85. The van der Waals surface area contributed by atoms with Crippen molar-refractivity contribution in [3.05, 3.63) is 0 Å². The summed E-state index contributed by atoms with van der Waals surface area (Å²) >= 11 is 0. The van der Waals surface area contributed by atoms with Gasteiger partial charge in [0.15, 0.2) is 0 Å². The number of carbonyl (C=O) groups excluding carboxylic acids is 1. The van der Waals surface area contributed by atoms with E-state index in [1.54, 1.807) is 0 Å². The van der Waals surface area contributed by atoms with Gasteiger partial charge >= 0.3 is 0 Å². The van der Waals surface area contributed by atoms with Crippen molar-refractivity contribution in [3.63, 3.8) is 0 Å². The highest BCUT2D eigenvalue weighted by molar-refractivity contribution is 5.77. The first kappa shape index (κ1) is 12.5. The molecule has 88 valence electrons. The van der Waals surface area contributed by atoms with E-state index in [1.807, 2.05) is 25.8 Å². The third-order valence-electron chi connectivity index (χ3n) is 3.10. The molecule has 0 aliphatic carbocycles. The summed E-state index contributed by atoms with van der Waals surface area (Å²) in [6.07, 6.45) is 5.00. The molecule has 1 heterocycles. The molecule has 0 spiro atoms. The quantitative estimate of drug-likeness (QED) is 0.768. The van der Waals surface area contributed by atoms with Crippen molar-refractivity contribution in [2.24, 2.45) is 5.92 Å². The molecule has 0 bridgehead atoms. The molecule has 3 heteroatoms. The molecule has 0 aromatic rings. The number of nitrogens with zero attached hydrogens (tertiary/aromatic N) is 1. The maximum atomic E-state index is 11.6. The van der Waals surface area contributed by atoms with Crippen LogP contribution in [0.4, 0.5) is 0 Å². The predicted octanol–water partition coefficient (Wildman–Crippen LogP) is 1.63. The van der Waals surface area contributed by atoms with Gasteiger partial charge in [-0.25, -0.2) is 0 Å². The van der Waals surface area contributed by atoms with Gasteiger partial charge in [0, 0.05) is 25.6 Å². The summed E-state index contributed by atoms with van der Waals surface area (Å²) in [5.41, 5.74) is 0. The third-order valence-corrected chi connectivity index (χ3v) is 3.10. The smallest absolute Gasteiger partial charge is 0.224 e. The van der Waals surface area contributed by atoms with Crippen LogP contribution in [-0.2, 0) is 4.79 Å². The van der Waals surface area contributed by atoms with Gasteiger partial charge in [0.2, 0.25) is 5.91 Å². The summed E-state index contributed by atoms with van der Waals surface area (Å²) in [4.78, 5) is 13.5. The second-order valence-corrected chi connectivity index (χ2v) is 4.85. The fourth-order valence-corrected chi connectivity index (χ4v) is 2.07. The summed E-state index contributed by atoms with van der Waals surface area (Å²) in [6.45, 7) is 5.94. The first-order valence-electron chi connectivity index (χ1n) is 6.09. The molecule has 1 saturated heterocycles. The Morgan fingerprint density at radius 1 is 1.47 bits per heavy atom. The number of hydrogen-bond acceptors (Lipinski definition) is 2. The fraction of sp³-hybridized carbons (Fsp3) is 0.917. The van der Waals surface area contributed by atoms with Gasteiger partial charge in [-0.1, -0.05) is 20.3 Å². The van der Waals surface area contributed by atoms with Gasteiger partial charge in [-0.2, -0.15) is 0 Å². The summed E-state index contributed by atoms with van der Waals surface area (Å²) < 4.78 is 0. The van der Waals surface area contributed by atoms with E-state index < -0.39 is 0 Å². The normalized spacial score (nSPS) is 21.7. The largest absolute Gasteiger partial charge is 0.345 e. The lowest BCUT2D eigenvalue weighted by atomic mass is 10.0. The van der Waals surface area contributed by atoms with Crippen molar-refractivity contribution in [3.8, 4) is 0 Å². The average molecular weight is 212 g/mol. The second kappa shape index (κ2) is 6.11. The Morgan fingerprint density at radius 2 is 2.20 bits per heavy atom. The lowest BCUT2D eigenvalue weighted by Gasteiger charge is -2.26. The minimum absolute atomic E-state index is 0.120. The molecule has 0 saturated carbocycles. The van der Waals surface area contributed by atoms with Crippen molar-refractivity contribution in [2.75, 3.05) is 20.1 Å². The molecule has 0 radical (unpaired) electrons. The summed E-state index contributed by atoms with van der Waals surface area (Å²) in [5.74, 6) is 0.375. The molecule has 1 unspecified atom stereocenters. The van der Waals surface area contributed by atoms with Crippen LogP contribution < -0.4 is 5.32 Å². The number of nitrogens with one attached hydrogen (secondary N) is 1. The Kier molecular flexibility index (Phi) is 5.09. The van der Waals surface area contributed by atoms with E-state index in [-0.39, 0.29) is 11.8 Å². The Bertz CT molecular complexity index is 198. The van der Waals surface area contributed by atoms with Crippen LogP contribution in [0.2, 0.25) is 0 Å². The summed E-state index contributed by atoms with van der Waals surface area (Å²) in [7, 11) is 1.91. The first-order valence-corrected chi connectivity index (χ1v) is 6.09. The molecule has 1 aliphatic rings. The summed E-state index contributed by atoms with van der Waals surface area (Å²) in [5, 5.41) is 3.50. The predicted molar refractivity (Wildman–Crippen MR) is 62.7 cm³/mol. The molecule has 1 amide bonds.